The van der Waals surface area contributed by atoms with Crippen molar-refractivity contribution in [2.75, 3.05) is 7.05 Å². The van der Waals surface area contributed by atoms with Crippen molar-refractivity contribution in [2.24, 2.45) is 9.98 Å². The van der Waals surface area contributed by atoms with E-state index in [4.69, 9.17) is 9.98 Å². The molecule has 9 rings (SSSR count). The van der Waals surface area contributed by atoms with Gasteiger partial charge in [-0.25, -0.2) is 4.99 Å². The third kappa shape index (κ3) is 5.45. The van der Waals surface area contributed by atoms with Crippen molar-refractivity contribution in [3.8, 4) is 22.3 Å². The standard InChI is InChI=1S/C45H30N2S2/c1-46-45(35-22-24-39-37-18-6-8-20-41(37)49-43(39)28-35)47-44(34-21-23-38-36-17-5-7-19-40(36)48-42(38)27-34)33-16-10-15-32(26-33)31-14-9-13-30(25-31)29-11-3-2-4-12-29/h2-28H,1H3. The van der Waals surface area contributed by atoms with Gasteiger partial charge in [-0.15, -0.1) is 22.7 Å². The van der Waals surface area contributed by atoms with Gasteiger partial charge in [-0.2, -0.15) is 0 Å². The zero-order valence-electron chi connectivity index (χ0n) is 26.8. The summed E-state index contributed by atoms with van der Waals surface area (Å²) < 4.78 is 5.07. The lowest BCUT2D eigenvalue weighted by Gasteiger charge is -2.12. The Labute approximate surface area is 293 Å². The van der Waals surface area contributed by atoms with Crippen LogP contribution in [-0.4, -0.2) is 18.6 Å². The van der Waals surface area contributed by atoms with E-state index < -0.39 is 0 Å². The first-order valence-electron chi connectivity index (χ1n) is 16.4. The molecule has 0 radical (unpaired) electrons. The highest BCUT2D eigenvalue weighted by Crippen LogP contribution is 2.36. The minimum Gasteiger partial charge on any atom is -0.270 e. The lowest BCUT2D eigenvalue weighted by Crippen LogP contribution is -2.09. The van der Waals surface area contributed by atoms with Gasteiger partial charge in [0.25, 0.3) is 0 Å². The highest BCUT2D eigenvalue weighted by atomic mass is 32.1. The topological polar surface area (TPSA) is 24.7 Å². The average molecular weight is 663 g/mol. The maximum absolute atomic E-state index is 5.40. The van der Waals surface area contributed by atoms with Crippen molar-refractivity contribution < 1.29 is 0 Å². The van der Waals surface area contributed by atoms with Crippen LogP contribution in [0.4, 0.5) is 0 Å². The summed E-state index contributed by atoms with van der Waals surface area (Å²) in [5.74, 6) is 0.710. The van der Waals surface area contributed by atoms with Crippen molar-refractivity contribution in [3.05, 3.63) is 180 Å². The molecule has 0 spiro atoms. The van der Waals surface area contributed by atoms with Gasteiger partial charge in [0.2, 0.25) is 0 Å². The Bertz CT molecular complexity index is 2730. The molecule has 4 heteroatoms. The molecule has 2 aromatic heterocycles. The van der Waals surface area contributed by atoms with Gasteiger partial charge in [-0.1, -0.05) is 127 Å². The monoisotopic (exact) mass is 662 g/mol. The molecule has 0 atom stereocenters. The third-order valence-corrected chi connectivity index (χ3v) is 11.4. The fourth-order valence-electron chi connectivity index (χ4n) is 6.74. The van der Waals surface area contributed by atoms with Gasteiger partial charge < -0.3 is 0 Å². The van der Waals surface area contributed by atoms with E-state index in [2.05, 4.69) is 164 Å². The molecular formula is C45H30N2S2. The number of hydrogen-bond acceptors (Lipinski definition) is 3. The molecule has 0 aliphatic carbocycles. The number of fused-ring (bicyclic) bond motifs is 6. The van der Waals surface area contributed by atoms with Crippen LogP contribution in [0.3, 0.4) is 0 Å². The Kier molecular flexibility index (Phi) is 7.46. The van der Waals surface area contributed by atoms with E-state index in [1.165, 1.54) is 57.0 Å². The summed E-state index contributed by atoms with van der Waals surface area (Å²) >= 11 is 3.64. The van der Waals surface area contributed by atoms with Gasteiger partial charge in [-0.05, 0) is 58.7 Å². The number of rotatable bonds is 5. The summed E-state index contributed by atoms with van der Waals surface area (Å²) in [5, 5.41) is 5.12. The Morgan fingerprint density at radius 1 is 0.388 bits per heavy atom. The smallest absolute Gasteiger partial charge is 0.155 e. The second-order valence-electron chi connectivity index (χ2n) is 12.2. The number of aliphatic imine (C=N–C) groups is 2. The first-order chi connectivity index (χ1) is 24.2. The minimum atomic E-state index is 0.710. The maximum Gasteiger partial charge on any atom is 0.155 e. The van der Waals surface area contributed by atoms with Gasteiger partial charge in [-0.3, -0.25) is 4.99 Å². The van der Waals surface area contributed by atoms with Crippen LogP contribution in [0, 0.1) is 0 Å². The van der Waals surface area contributed by atoms with Crippen LogP contribution in [0.15, 0.2) is 174 Å². The highest BCUT2D eigenvalue weighted by molar-refractivity contribution is 7.26. The van der Waals surface area contributed by atoms with Crippen LogP contribution in [0.25, 0.3) is 62.6 Å². The Balaban J connectivity index is 1.19. The first-order valence-corrected chi connectivity index (χ1v) is 18.0. The molecule has 0 saturated carbocycles. The van der Waals surface area contributed by atoms with Crippen molar-refractivity contribution in [3.63, 3.8) is 0 Å². The lowest BCUT2D eigenvalue weighted by atomic mass is 9.95. The molecule has 0 amide bonds. The largest absolute Gasteiger partial charge is 0.270 e. The molecule has 0 saturated heterocycles. The summed E-state index contributed by atoms with van der Waals surface area (Å²) in [6, 6.07) is 58.7. The number of nitrogens with zero attached hydrogens (tertiary/aromatic N) is 2. The Morgan fingerprint density at radius 3 is 1.55 bits per heavy atom. The molecule has 232 valence electrons. The fraction of sp³-hybridized carbons (Fsp3) is 0.0222. The Morgan fingerprint density at radius 2 is 0.878 bits per heavy atom. The van der Waals surface area contributed by atoms with Gasteiger partial charge >= 0.3 is 0 Å². The second kappa shape index (κ2) is 12.4. The van der Waals surface area contributed by atoms with E-state index in [9.17, 15) is 0 Å². The zero-order chi connectivity index (χ0) is 32.7. The lowest BCUT2D eigenvalue weighted by molar-refractivity contribution is 1.38. The SMILES string of the molecule is CN=C(N=C(c1cccc(-c2cccc(-c3ccccc3)c2)c1)c1ccc2c(c1)sc1ccccc12)c1ccc2c(c1)sc1ccccc12. The van der Waals surface area contributed by atoms with Crippen LogP contribution in [-0.2, 0) is 0 Å². The molecule has 0 aliphatic heterocycles. The normalized spacial score (nSPS) is 12.4. The molecule has 2 nitrogen and oxygen atoms in total. The number of hydrogen-bond donors (Lipinski definition) is 0. The molecule has 0 fully saturated rings. The van der Waals surface area contributed by atoms with Crippen molar-refractivity contribution in [1.29, 1.82) is 0 Å². The van der Waals surface area contributed by atoms with Gasteiger partial charge in [0.15, 0.2) is 5.84 Å². The second-order valence-corrected chi connectivity index (χ2v) is 14.3. The summed E-state index contributed by atoms with van der Waals surface area (Å²) in [4.78, 5) is 10.2. The molecular weight excluding hydrogens is 633 g/mol. The average Bonchev–Trinajstić information content (AvgIpc) is 3.73. The number of amidine groups is 1. The molecule has 7 aromatic carbocycles. The van der Waals surface area contributed by atoms with E-state index in [0.717, 1.165) is 28.0 Å². The summed E-state index contributed by atoms with van der Waals surface area (Å²) in [5.41, 5.74) is 8.75. The van der Waals surface area contributed by atoms with Gasteiger partial charge in [0.05, 0.1) is 5.71 Å². The summed E-state index contributed by atoms with van der Waals surface area (Å²) in [6.07, 6.45) is 0. The van der Waals surface area contributed by atoms with Crippen LogP contribution in [0.1, 0.15) is 16.7 Å². The third-order valence-electron chi connectivity index (χ3n) is 9.16. The van der Waals surface area contributed by atoms with Gasteiger partial charge in [0, 0.05) is 64.1 Å². The number of thiophene rings is 2. The van der Waals surface area contributed by atoms with E-state index in [0.29, 0.717) is 5.84 Å². The maximum atomic E-state index is 5.40. The summed E-state index contributed by atoms with van der Waals surface area (Å²) in [7, 11) is 1.84. The minimum absolute atomic E-state index is 0.710. The van der Waals surface area contributed by atoms with Crippen molar-refractivity contribution >= 4 is 74.6 Å². The van der Waals surface area contributed by atoms with Crippen LogP contribution >= 0.6 is 22.7 Å². The van der Waals surface area contributed by atoms with Crippen molar-refractivity contribution in [2.45, 2.75) is 0 Å². The summed E-state index contributed by atoms with van der Waals surface area (Å²) in [6.45, 7) is 0. The first kappa shape index (κ1) is 29.5. The zero-order valence-corrected chi connectivity index (χ0v) is 28.4. The molecule has 0 aliphatic rings. The van der Waals surface area contributed by atoms with Crippen LogP contribution < -0.4 is 0 Å². The molecule has 9 aromatic rings. The number of benzene rings is 7. The molecule has 2 heterocycles. The Hall–Kier alpha value is -5.68. The van der Waals surface area contributed by atoms with Crippen LogP contribution in [0.5, 0.6) is 0 Å². The molecule has 49 heavy (non-hydrogen) atoms. The van der Waals surface area contributed by atoms with E-state index >= 15 is 0 Å². The van der Waals surface area contributed by atoms with E-state index in [1.54, 1.807) is 0 Å². The predicted octanol–water partition coefficient (Wildman–Crippen LogP) is 12.7. The molecule has 0 bridgehead atoms. The molecule has 0 N–H and O–H groups in total. The fourth-order valence-corrected chi connectivity index (χ4v) is 9.03. The van der Waals surface area contributed by atoms with Crippen molar-refractivity contribution in [1.82, 2.24) is 0 Å². The van der Waals surface area contributed by atoms with E-state index in [1.807, 2.05) is 29.7 Å². The highest BCUT2D eigenvalue weighted by Gasteiger charge is 2.15. The predicted molar refractivity (Wildman–Crippen MR) is 214 cm³/mol. The molecule has 0 unspecified atom stereocenters. The van der Waals surface area contributed by atoms with E-state index in [-0.39, 0.29) is 0 Å². The van der Waals surface area contributed by atoms with Gasteiger partial charge in [0.1, 0.15) is 0 Å². The quantitative estimate of drug-likeness (QED) is 0.129. The van der Waals surface area contributed by atoms with Crippen LogP contribution in [0.2, 0.25) is 0 Å².